The molecule has 0 radical (unpaired) electrons. The van der Waals surface area contributed by atoms with Gasteiger partial charge in [-0.3, -0.25) is 9.59 Å². The van der Waals surface area contributed by atoms with Crippen molar-refractivity contribution in [2.75, 3.05) is 13.2 Å². The first-order valence-corrected chi connectivity index (χ1v) is 16.2. The summed E-state index contributed by atoms with van der Waals surface area (Å²) in [6, 6.07) is 0. The summed E-state index contributed by atoms with van der Waals surface area (Å²) >= 11 is 0. The molecule has 0 aromatic rings. The van der Waals surface area contributed by atoms with Gasteiger partial charge in [-0.15, -0.1) is 0 Å². The van der Waals surface area contributed by atoms with Crippen LogP contribution in [0, 0.1) is 11.8 Å². The normalized spacial score (nSPS) is 22.4. The molecule has 3 aliphatic rings. The maximum absolute atomic E-state index is 12.9. The number of fused-ring (bicyclic) bond motifs is 2. The second-order valence-corrected chi connectivity index (χ2v) is 11.6. The molecule has 3 rings (SSSR count). The monoisotopic (exact) mass is 522 g/mol. The van der Waals surface area contributed by atoms with E-state index in [2.05, 4.69) is 13.8 Å². The third kappa shape index (κ3) is 13.5. The molecule has 5 nitrogen and oxygen atoms in total. The number of ether oxygens (including phenoxy) is 3. The molecule has 2 saturated heterocycles. The van der Waals surface area contributed by atoms with Crippen LogP contribution in [-0.4, -0.2) is 37.4 Å². The average molecular weight is 523 g/mol. The Morgan fingerprint density at radius 1 is 0.568 bits per heavy atom. The molecule has 0 N–H and O–H groups in total. The van der Waals surface area contributed by atoms with E-state index in [9.17, 15) is 9.59 Å². The van der Waals surface area contributed by atoms with Gasteiger partial charge in [-0.05, 0) is 19.3 Å². The summed E-state index contributed by atoms with van der Waals surface area (Å²) in [6.07, 6.45) is 26.4. The smallest absolute Gasteiger partial charge is 0.312 e. The van der Waals surface area contributed by atoms with E-state index in [0.717, 1.165) is 32.1 Å². The number of carbonyl (C=O) groups is 2. The van der Waals surface area contributed by atoms with Gasteiger partial charge in [0.15, 0.2) is 0 Å². The zero-order valence-electron chi connectivity index (χ0n) is 24.3. The van der Waals surface area contributed by atoms with E-state index in [1.54, 1.807) is 0 Å². The Bertz CT molecular complexity index is 586. The van der Waals surface area contributed by atoms with Crippen molar-refractivity contribution >= 4 is 11.9 Å². The Balaban J connectivity index is 1.52. The third-order valence-corrected chi connectivity index (χ3v) is 8.27. The molecule has 0 aromatic carbocycles. The molecule has 5 heteroatoms. The third-order valence-electron chi connectivity index (χ3n) is 8.27. The lowest BCUT2D eigenvalue weighted by Gasteiger charge is -2.48. The van der Waals surface area contributed by atoms with Crippen LogP contribution in [0.2, 0.25) is 0 Å². The van der Waals surface area contributed by atoms with E-state index in [0.29, 0.717) is 19.6 Å². The predicted octanol–water partition coefficient (Wildman–Crippen LogP) is 8.71. The summed E-state index contributed by atoms with van der Waals surface area (Å²) < 4.78 is 17.0. The lowest BCUT2D eigenvalue weighted by molar-refractivity contribution is -0.222. The molecule has 0 spiro atoms. The first-order valence-electron chi connectivity index (χ1n) is 16.2. The van der Waals surface area contributed by atoms with Gasteiger partial charge in [-0.2, -0.15) is 0 Å². The Hall–Kier alpha value is -1.10. The summed E-state index contributed by atoms with van der Waals surface area (Å²) in [5.74, 6) is -1.39. The van der Waals surface area contributed by atoms with Gasteiger partial charge >= 0.3 is 11.9 Å². The van der Waals surface area contributed by atoms with Crippen LogP contribution in [0.5, 0.6) is 0 Å². The van der Waals surface area contributed by atoms with Crippen LogP contribution in [0.4, 0.5) is 0 Å². The minimum Gasteiger partial charge on any atom is -0.465 e. The van der Waals surface area contributed by atoms with Gasteiger partial charge in [0.05, 0.1) is 37.3 Å². The standard InChI is InChI=1S/C32H58O5/c1-3-5-7-9-11-13-15-17-19-21-23-35-31(33)28-25-27-26-29(37-27)30(28)32(34)36-24-22-20-18-16-14-12-10-8-6-4-2/h27-30H,3-26H2,1-2H3. The number of esters is 2. The highest BCUT2D eigenvalue weighted by molar-refractivity contribution is 5.83. The molecular formula is C32H58O5. The summed E-state index contributed by atoms with van der Waals surface area (Å²) in [4.78, 5) is 25.7. The van der Waals surface area contributed by atoms with Crippen molar-refractivity contribution in [1.82, 2.24) is 0 Å². The van der Waals surface area contributed by atoms with Gasteiger partial charge < -0.3 is 14.2 Å². The summed E-state index contributed by atoms with van der Waals surface area (Å²) in [5.41, 5.74) is 0. The average Bonchev–Trinajstić information content (AvgIpc) is 2.89. The first kappa shape index (κ1) is 32.1. The number of rotatable bonds is 24. The highest BCUT2D eigenvalue weighted by atomic mass is 16.6. The van der Waals surface area contributed by atoms with Gasteiger partial charge in [0, 0.05) is 6.42 Å². The number of hydrogen-bond donors (Lipinski definition) is 0. The van der Waals surface area contributed by atoms with E-state index in [1.807, 2.05) is 0 Å². The molecule has 0 amide bonds. The molecule has 1 saturated carbocycles. The Morgan fingerprint density at radius 2 is 0.946 bits per heavy atom. The maximum atomic E-state index is 12.9. The van der Waals surface area contributed by atoms with E-state index < -0.39 is 11.8 Å². The van der Waals surface area contributed by atoms with Crippen LogP contribution in [0.1, 0.15) is 155 Å². The van der Waals surface area contributed by atoms with Crippen LogP contribution >= 0.6 is 0 Å². The van der Waals surface area contributed by atoms with Crippen molar-refractivity contribution in [3.63, 3.8) is 0 Å². The molecule has 216 valence electrons. The first-order chi connectivity index (χ1) is 18.2. The van der Waals surface area contributed by atoms with Gasteiger partial charge in [0.25, 0.3) is 0 Å². The Labute approximate surface area is 228 Å². The maximum Gasteiger partial charge on any atom is 0.312 e. The van der Waals surface area contributed by atoms with Crippen molar-refractivity contribution < 1.29 is 23.8 Å². The molecule has 1 aliphatic carbocycles. The molecule has 2 bridgehead atoms. The van der Waals surface area contributed by atoms with Crippen LogP contribution < -0.4 is 0 Å². The minimum absolute atomic E-state index is 0.103. The van der Waals surface area contributed by atoms with Crippen molar-refractivity contribution in [2.45, 2.75) is 167 Å². The number of carbonyl (C=O) groups excluding carboxylic acids is 2. The van der Waals surface area contributed by atoms with Crippen molar-refractivity contribution in [2.24, 2.45) is 11.8 Å². The van der Waals surface area contributed by atoms with Crippen molar-refractivity contribution in [1.29, 1.82) is 0 Å². The van der Waals surface area contributed by atoms with Crippen LogP contribution in [0.3, 0.4) is 0 Å². The van der Waals surface area contributed by atoms with E-state index in [-0.39, 0.29) is 24.1 Å². The van der Waals surface area contributed by atoms with Crippen molar-refractivity contribution in [3.8, 4) is 0 Å². The highest BCUT2D eigenvalue weighted by Gasteiger charge is 2.54. The van der Waals surface area contributed by atoms with Gasteiger partial charge in [0.1, 0.15) is 0 Å². The zero-order valence-corrected chi connectivity index (χ0v) is 24.3. The molecular weight excluding hydrogens is 464 g/mol. The summed E-state index contributed by atoms with van der Waals surface area (Å²) in [7, 11) is 0. The fourth-order valence-electron chi connectivity index (χ4n) is 5.85. The summed E-state index contributed by atoms with van der Waals surface area (Å²) in [5, 5.41) is 0. The van der Waals surface area contributed by atoms with E-state index in [1.165, 1.54) is 103 Å². The van der Waals surface area contributed by atoms with Crippen molar-refractivity contribution in [3.05, 3.63) is 0 Å². The SMILES string of the molecule is CCCCCCCCCCCCOC(=O)C1CC2CC(O2)C1C(=O)OCCCCCCCCCCCC. The fraction of sp³-hybridized carbons (Fsp3) is 0.938. The molecule has 2 aliphatic heterocycles. The fourth-order valence-corrected chi connectivity index (χ4v) is 5.85. The Kier molecular flexibility index (Phi) is 18.1. The second kappa shape index (κ2) is 20.8. The zero-order chi connectivity index (χ0) is 26.6. The van der Waals surface area contributed by atoms with Gasteiger partial charge in [-0.25, -0.2) is 0 Å². The van der Waals surface area contributed by atoms with Crippen LogP contribution in [-0.2, 0) is 23.8 Å². The largest absolute Gasteiger partial charge is 0.465 e. The molecule has 0 aromatic heterocycles. The lowest BCUT2D eigenvalue weighted by atomic mass is 9.72. The van der Waals surface area contributed by atoms with E-state index >= 15 is 0 Å². The predicted molar refractivity (Wildman–Crippen MR) is 150 cm³/mol. The topological polar surface area (TPSA) is 61.8 Å². The van der Waals surface area contributed by atoms with Gasteiger partial charge in [0.2, 0.25) is 0 Å². The highest BCUT2D eigenvalue weighted by Crippen LogP contribution is 2.43. The lowest BCUT2D eigenvalue weighted by Crippen LogP contribution is -2.57. The Morgan fingerprint density at radius 3 is 1.38 bits per heavy atom. The molecule has 3 fully saturated rings. The molecule has 2 heterocycles. The van der Waals surface area contributed by atoms with Crippen LogP contribution in [0.15, 0.2) is 0 Å². The molecule has 4 unspecified atom stereocenters. The summed E-state index contributed by atoms with van der Waals surface area (Å²) in [6.45, 7) is 5.41. The number of unbranched alkanes of at least 4 members (excludes halogenated alkanes) is 18. The van der Waals surface area contributed by atoms with Crippen LogP contribution in [0.25, 0.3) is 0 Å². The second-order valence-electron chi connectivity index (χ2n) is 11.6. The van der Waals surface area contributed by atoms with Gasteiger partial charge in [-0.1, -0.05) is 129 Å². The minimum atomic E-state index is -0.492. The molecule has 37 heavy (non-hydrogen) atoms. The quantitative estimate of drug-likeness (QED) is 0.0937. The van der Waals surface area contributed by atoms with E-state index in [4.69, 9.17) is 14.2 Å². The number of hydrogen-bond acceptors (Lipinski definition) is 5. The molecule has 4 atom stereocenters.